The Bertz CT molecular complexity index is 464. The van der Waals surface area contributed by atoms with Crippen LogP contribution in [0, 0.1) is 5.92 Å². The first-order chi connectivity index (χ1) is 9.08. The summed E-state index contributed by atoms with van der Waals surface area (Å²) in [6, 6.07) is 4.72. The summed E-state index contributed by atoms with van der Waals surface area (Å²) in [5, 5.41) is 22.2. The molecule has 0 spiro atoms. The van der Waals surface area contributed by atoms with E-state index in [0.717, 1.165) is 25.7 Å². The Hall–Kier alpha value is -1.07. The molecule has 2 unspecified atom stereocenters. The molecule has 0 heterocycles. The van der Waals surface area contributed by atoms with E-state index in [-0.39, 0.29) is 23.7 Å². The minimum atomic E-state index is -0.313. The van der Waals surface area contributed by atoms with Crippen LogP contribution in [0.5, 0.6) is 5.75 Å². The van der Waals surface area contributed by atoms with E-state index in [2.05, 4.69) is 21.2 Å². The summed E-state index contributed by atoms with van der Waals surface area (Å²) in [6.45, 7) is 0.483. The van der Waals surface area contributed by atoms with E-state index >= 15 is 0 Å². The lowest BCUT2D eigenvalue weighted by molar-refractivity contribution is 0.0663. The molecular weight excluding hydrogens is 310 g/mol. The number of carbonyl (C=O) groups is 1. The molecule has 1 aromatic carbocycles. The first kappa shape index (κ1) is 14.3. The Labute approximate surface area is 121 Å². The van der Waals surface area contributed by atoms with Crippen molar-refractivity contribution in [3.05, 3.63) is 28.2 Å². The van der Waals surface area contributed by atoms with E-state index in [0.29, 0.717) is 16.6 Å². The van der Waals surface area contributed by atoms with Crippen molar-refractivity contribution in [2.24, 2.45) is 5.92 Å². The number of benzene rings is 1. The molecule has 104 valence electrons. The minimum Gasteiger partial charge on any atom is -0.507 e. The van der Waals surface area contributed by atoms with Gasteiger partial charge in [-0.1, -0.05) is 12.8 Å². The summed E-state index contributed by atoms with van der Waals surface area (Å²) in [6.07, 6.45) is 3.63. The zero-order chi connectivity index (χ0) is 13.8. The van der Waals surface area contributed by atoms with Gasteiger partial charge in [0, 0.05) is 18.0 Å². The highest BCUT2D eigenvalue weighted by Crippen LogP contribution is 2.25. The van der Waals surface area contributed by atoms with E-state index in [1.807, 2.05) is 0 Å². The van der Waals surface area contributed by atoms with Crippen LogP contribution in [0.1, 0.15) is 36.0 Å². The number of aromatic hydroxyl groups is 1. The maximum atomic E-state index is 11.9. The summed E-state index contributed by atoms with van der Waals surface area (Å²) in [5.74, 6) is -0.0346. The summed E-state index contributed by atoms with van der Waals surface area (Å²) < 4.78 is 0.562. The predicted molar refractivity (Wildman–Crippen MR) is 76.1 cm³/mol. The lowest BCUT2D eigenvalue weighted by Crippen LogP contribution is -2.36. The summed E-state index contributed by atoms with van der Waals surface area (Å²) in [7, 11) is 0. The van der Waals surface area contributed by atoms with Gasteiger partial charge in [-0.3, -0.25) is 4.79 Å². The molecule has 4 nitrogen and oxygen atoms in total. The second-order valence-electron chi connectivity index (χ2n) is 4.99. The molecule has 0 saturated heterocycles. The lowest BCUT2D eigenvalue weighted by atomic mass is 9.86. The number of nitrogens with one attached hydrogen (secondary N) is 1. The van der Waals surface area contributed by atoms with Crippen LogP contribution in [-0.4, -0.2) is 28.8 Å². The molecular formula is C14H18BrNO3. The van der Waals surface area contributed by atoms with Gasteiger partial charge < -0.3 is 15.5 Å². The van der Waals surface area contributed by atoms with Crippen LogP contribution in [0.2, 0.25) is 0 Å². The lowest BCUT2D eigenvalue weighted by Gasteiger charge is -2.27. The van der Waals surface area contributed by atoms with Gasteiger partial charge in [0.2, 0.25) is 0 Å². The van der Waals surface area contributed by atoms with E-state index in [9.17, 15) is 15.0 Å². The number of carbonyl (C=O) groups excluding carboxylic acids is 1. The standard InChI is InChI=1S/C14H18BrNO3/c15-11-6-5-9(7-13(11)18)14(19)16-8-10-3-1-2-4-12(10)17/h5-7,10,12,17-18H,1-4,8H2,(H,16,19). The molecule has 1 aliphatic carbocycles. The Morgan fingerprint density at radius 3 is 2.79 bits per heavy atom. The quantitative estimate of drug-likeness (QED) is 0.798. The second-order valence-corrected chi connectivity index (χ2v) is 5.84. The fraction of sp³-hybridized carbons (Fsp3) is 0.500. The Morgan fingerprint density at radius 1 is 1.37 bits per heavy atom. The Balaban J connectivity index is 1.91. The topological polar surface area (TPSA) is 69.6 Å². The summed E-state index contributed by atoms with van der Waals surface area (Å²) in [4.78, 5) is 11.9. The molecule has 0 radical (unpaired) electrons. The van der Waals surface area contributed by atoms with Crippen LogP contribution in [0.4, 0.5) is 0 Å². The predicted octanol–water partition coefficient (Wildman–Crippen LogP) is 2.44. The van der Waals surface area contributed by atoms with Crippen LogP contribution in [0.25, 0.3) is 0 Å². The first-order valence-electron chi connectivity index (χ1n) is 6.52. The van der Waals surface area contributed by atoms with Crippen molar-refractivity contribution < 1.29 is 15.0 Å². The molecule has 0 bridgehead atoms. The van der Waals surface area contributed by atoms with E-state index in [1.165, 1.54) is 6.07 Å². The van der Waals surface area contributed by atoms with Crippen LogP contribution in [-0.2, 0) is 0 Å². The number of aliphatic hydroxyl groups excluding tert-OH is 1. The molecule has 3 N–H and O–H groups in total. The molecule has 2 rings (SSSR count). The molecule has 5 heteroatoms. The van der Waals surface area contributed by atoms with Crippen molar-refractivity contribution in [3.63, 3.8) is 0 Å². The maximum Gasteiger partial charge on any atom is 0.251 e. The Kier molecular flexibility index (Phi) is 4.82. The molecule has 1 saturated carbocycles. The minimum absolute atomic E-state index is 0.0466. The average Bonchev–Trinajstić information content (AvgIpc) is 2.40. The largest absolute Gasteiger partial charge is 0.507 e. The molecule has 0 aromatic heterocycles. The van der Waals surface area contributed by atoms with Gasteiger partial charge in [0.25, 0.3) is 5.91 Å². The molecule has 1 aliphatic rings. The van der Waals surface area contributed by atoms with Gasteiger partial charge in [-0.15, -0.1) is 0 Å². The number of phenolic OH excluding ortho intramolecular Hbond substituents is 1. The molecule has 19 heavy (non-hydrogen) atoms. The van der Waals surface area contributed by atoms with Crippen LogP contribution in [0.3, 0.4) is 0 Å². The molecule has 1 amide bonds. The van der Waals surface area contributed by atoms with Crippen LogP contribution < -0.4 is 5.32 Å². The highest BCUT2D eigenvalue weighted by molar-refractivity contribution is 9.10. The van der Waals surface area contributed by atoms with Crippen LogP contribution >= 0.6 is 15.9 Å². The van der Waals surface area contributed by atoms with Crippen molar-refractivity contribution in [1.29, 1.82) is 0 Å². The number of phenols is 1. The normalized spacial score (nSPS) is 23.1. The molecule has 2 atom stereocenters. The van der Waals surface area contributed by atoms with Gasteiger partial charge in [-0.2, -0.15) is 0 Å². The van der Waals surface area contributed by atoms with Crippen molar-refractivity contribution >= 4 is 21.8 Å². The summed E-state index contributed by atoms with van der Waals surface area (Å²) >= 11 is 3.17. The maximum absolute atomic E-state index is 11.9. The van der Waals surface area contributed by atoms with Gasteiger partial charge in [-0.25, -0.2) is 0 Å². The third-order valence-corrected chi connectivity index (χ3v) is 4.27. The highest BCUT2D eigenvalue weighted by Gasteiger charge is 2.23. The highest BCUT2D eigenvalue weighted by atomic mass is 79.9. The zero-order valence-electron chi connectivity index (χ0n) is 10.6. The fourth-order valence-corrected chi connectivity index (χ4v) is 2.65. The van der Waals surface area contributed by atoms with Crippen molar-refractivity contribution in [3.8, 4) is 5.75 Å². The zero-order valence-corrected chi connectivity index (χ0v) is 12.2. The summed E-state index contributed by atoms with van der Waals surface area (Å²) in [5.41, 5.74) is 0.422. The van der Waals surface area contributed by atoms with Crippen molar-refractivity contribution in [2.75, 3.05) is 6.54 Å². The van der Waals surface area contributed by atoms with Gasteiger partial charge >= 0.3 is 0 Å². The van der Waals surface area contributed by atoms with Crippen LogP contribution in [0.15, 0.2) is 22.7 Å². The number of halogens is 1. The Morgan fingerprint density at radius 2 is 2.11 bits per heavy atom. The van der Waals surface area contributed by atoms with E-state index < -0.39 is 0 Å². The molecule has 1 aromatic rings. The first-order valence-corrected chi connectivity index (χ1v) is 7.32. The smallest absolute Gasteiger partial charge is 0.251 e. The van der Waals surface area contributed by atoms with E-state index in [4.69, 9.17) is 0 Å². The van der Waals surface area contributed by atoms with E-state index in [1.54, 1.807) is 12.1 Å². The van der Waals surface area contributed by atoms with Crippen molar-refractivity contribution in [1.82, 2.24) is 5.32 Å². The SMILES string of the molecule is O=C(NCC1CCCCC1O)c1ccc(Br)c(O)c1. The second kappa shape index (κ2) is 6.39. The third-order valence-electron chi connectivity index (χ3n) is 3.60. The molecule has 0 aliphatic heterocycles. The number of amides is 1. The van der Waals surface area contributed by atoms with Gasteiger partial charge in [0.05, 0.1) is 10.6 Å². The third kappa shape index (κ3) is 3.70. The number of aliphatic hydroxyl groups is 1. The number of hydrogen-bond donors (Lipinski definition) is 3. The van der Waals surface area contributed by atoms with Gasteiger partial charge in [0.1, 0.15) is 5.75 Å². The average molecular weight is 328 g/mol. The van der Waals surface area contributed by atoms with Gasteiger partial charge in [-0.05, 0) is 47.0 Å². The number of hydrogen-bond acceptors (Lipinski definition) is 3. The molecule has 1 fully saturated rings. The van der Waals surface area contributed by atoms with Crippen molar-refractivity contribution in [2.45, 2.75) is 31.8 Å². The monoisotopic (exact) mass is 327 g/mol. The number of rotatable bonds is 3. The fourth-order valence-electron chi connectivity index (χ4n) is 2.41. The van der Waals surface area contributed by atoms with Gasteiger partial charge in [0.15, 0.2) is 0 Å².